The van der Waals surface area contributed by atoms with Crippen LogP contribution in [-0.2, 0) is 9.47 Å². The van der Waals surface area contributed by atoms with Crippen molar-refractivity contribution in [3.63, 3.8) is 0 Å². The second kappa shape index (κ2) is 7.37. The Hall–Kier alpha value is -2.44. The van der Waals surface area contributed by atoms with Gasteiger partial charge in [-0.05, 0) is 13.0 Å². The Kier molecular flexibility index (Phi) is 5.83. The molecule has 1 rings (SSSR count). The van der Waals surface area contributed by atoms with Crippen LogP contribution in [0.1, 0.15) is 27.6 Å². The lowest BCUT2D eigenvalue weighted by molar-refractivity contribution is 0.0550. The third kappa shape index (κ3) is 3.18. The van der Waals surface area contributed by atoms with Crippen LogP contribution in [0, 0.1) is 0 Å². The zero-order chi connectivity index (χ0) is 16.0. The topological polar surface area (TPSA) is 80.3 Å². The van der Waals surface area contributed by atoms with Gasteiger partial charge in [-0.15, -0.1) is 0 Å². The maximum Gasteiger partial charge on any atom is 0.342 e. The van der Waals surface area contributed by atoms with Crippen LogP contribution in [0.15, 0.2) is 6.07 Å². The quantitative estimate of drug-likeness (QED) is 0.739. The van der Waals surface area contributed by atoms with Gasteiger partial charge in [0.25, 0.3) is 0 Å². The van der Waals surface area contributed by atoms with Crippen LogP contribution in [-0.4, -0.2) is 47.0 Å². The molecular weight excluding hydrogens is 280 g/mol. The molecule has 0 bridgehead atoms. The van der Waals surface area contributed by atoms with Crippen LogP contribution in [0.25, 0.3) is 0 Å². The molecule has 0 radical (unpaired) electrons. The van der Waals surface area contributed by atoms with Gasteiger partial charge in [0.05, 0.1) is 40.6 Å². The van der Waals surface area contributed by atoms with Gasteiger partial charge in [-0.2, -0.15) is 0 Å². The summed E-state index contributed by atoms with van der Waals surface area (Å²) >= 11 is 0. The number of carbonyl (C=O) groups excluding carboxylic acids is 2. The molecule has 0 unspecified atom stereocenters. The highest BCUT2D eigenvalue weighted by Crippen LogP contribution is 2.42. The fourth-order valence-corrected chi connectivity index (χ4v) is 1.82. The zero-order valence-electron chi connectivity index (χ0n) is 12.6. The predicted molar refractivity (Wildman–Crippen MR) is 73.4 cm³/mol. The molecule has 7 heteroatoms. The van der Waals surface area contributed by atoms with E-state index in [1.54, 1.807) is 6.92 Å². The molecule has 0 spiro atoms. The number of hydrogen-bond donors (Lipinski definition) is 0. The second-order valence-corrected chi connectivity index (χ2v) is 3.78. The SMILES string of the molecule is CCOc1c(OC)cc(C(=O)OC)c(C(=O)OC)c1OC. The largest absolute Gasteiger partial charge is 0.493 e. The molecule has 0 aromatic heterocycles. The lowest BCUT2D eigenvalue weighted by Crippen LogP contribution is -2.15. The lowest BCUT2D eigenvalue weighted by Gasteiger charge is -2.18. The summed E-state index contributed by atoms with van der Waals surface area (Å²) in [6, 6.07) is 1.35. The van der Waals surface area contributed by atoms with Gasteiger partial charge in [-0.1, -0.05) is 0 Å². The van der Waals surface area contributed by atoms with Crippen molar-refractivity contribution in [2.45, 2.75) is 6.92 Å². The van der Waals surface area contributed by atoms with Crippen molar-refractivity contribution in [2.24, 2.45) is 0 Å². The van der Waals surface area contributed by atoms with Gasteiger partial charge in [0.15, 0.2) is 11.5 Å². The maximum absolute atomic E-state index is 12.0. The molecular formula is C14H18O7. The molecule has 0 atom stereocenters. The first-order valence-corrected chi connectivity index (χ1v) is 6.13. The molecule has 0 heterocycles. The summed E-state index contributed by atoms with van der Waals surface area (Å²) < 4.78 is 25.2. The molecule has 0 aliphatic heterocycles. The van der Waals surface area contributed by atoms with E-state index in [1.165, 1.54) is 34.5 Å². The van der Waals surface area contributed by atoms with Crippen LogP contribution < -0.4 is 14.2 Å². The van der Waals surface area contributed by atoms with Gasteiger partial charge >= 0.3 is 11.9 Å². The van der Waals surface area contributed by atoms with Gasteiger partial charge in [0.2, 0.25) is 5.75 Å². The number of esters is 2. The number of ether oxygens (including phenoxy) is 5. The Labute approximate surface area is 122 Å². The fraction of sp³-hybridized carbons (Fsp3) is 0.429. The van der Waals surface area contributed by atoms with Crippen molar-refractivity contribution in [1.29, 1.82) is 0 Å². The van der Waals surface area contributed by atoms with Crippen LogP contribution in [0.3, 0.4) is 0 Å². The average Bonchev–Trinajstić information content (AvgIpc) is 2.52. The predicted octanol–water partition coefficient (Wildman–Crippen LogP) is 1.68. The van der Waals surface area contributed by atoms with E-state index in [0.717, 1.165) is 0 Å². The number of rotatable bonds is 6. The maximum atomic E-state index is 12.0. The summed E-state index contributed by atoms with van der Waals surface area (Å²) in [5.41, 5.74) is -0.0994. The van der Waals surface area contributed by atoms with Crippen LogP contribution in [0.2, 0.25) is 0 Å². The molecule has 0 amide bonds. The molecule has 0 aliphatic rings. The van der Waals surface area contributed by atoms with Crippen molar-refractivity contribution < 1.29 is 33.3 Å². The normalized spacial score (nSPS) is 9.76. The molecule has 1 aromatic rings. The lowest BCUT2D eigenvalue weighted by atomic mass is 10.0. The van der Waals surface area contributed by atoms with Gasteiger partial charge in [0.1, 0.15) is 5.56 Å². The van der Waals surface area contributed by atoms with E-state index in [4.69, 9.17) is 18.9 Å². The zero-order valence-corrected chi connectivity index (χ0v) is 12.6. The molecule has 0 saturated carbocycles. The summed E-state index contributed by atoms with van der Waals surface area (Å²) in [6.45, 7) is 2.09. The highest BCUT2D eigenvalue weighted by atomic mass is 16.5. The third-order valence-electron chi connectivity index (χ3n) is 2.71. The summed E-state index contributed by atoms with van der Waals surface area (Å²) in [7, 11) is 5.17. The van der Waals surface area contributed by atoms with Crippen LogP contribution >= 0.6 is 0 Å². The molecule has 116 valence electrons. The van der Waals surface area contributed by atoms with Crippen molar-refractivity contribution in [3.8, 4) is 17.2 Å². The van der Waals surface area contributed by atoms with E-state index in [2.05, 4.69) is 4.74 Å². The Morgan fingerprint density at radius 2 is 1.57 bits per heavy atom. The molecule has 21 heavy (non-hydrogen) atoms. The van der Waals surface area contributed by atoms with Crippen molar-refractivity contribution in [1.82, 2.24) is 0 Å². The van der Waals surface area contributed by atoms with Crippen molar-refractivity contribution >= 4 is 11.9 Å². The smallest absolute Gasteiger partial charge is 0.342 e. The molecule has 1 aromatic carbocycles. The first-order valence-electron chi connectivity index (χ1n) is 6.13. The van der Waals surface area contributed by atoms with E-state index in [0.29, 0.717) is 6.61 Å². The highest BCUT2D eigenvalue weighted by molar-refractivity contribution is 6.06. The van der Waals surface area contributed by atoms with E-state index < -0.39 is 11.9 Å². The molecule has 0 saturated heterocycles. The standard InChI is InChI=1S/C14H18O7/c1-6-21-11-9(17-2)7-8(13(15)19-4)10(12(11)18-3)14(16)20-5/h7H,6H2,1-5H3. The second-order valence-electron chi connectivity index (χ2n) is 3.78. The van der Waals surface area contributed by atoms with Gasteiger partial charge in [-0.25, -0.2) is 9.59 Å². The minimum atomic E-state index is -0.740. The fourth-order valence-electron chi connectivity index (χ4n) is 1.82. The summed E-state index contributed by atoms with van der Waals surface area (Å²) in [4.78, 5) is 23.9. The van der Waals surface area contributed by atoms with Crippen molar-refractivity contribution in [2.75, 3.05) is 35.0 Å². The van der Waals surface area contributed by atoms with E-state index >= 15 is 0 Å². The highest BCUT2D eigenvalue weighted by Gasteiger charge is 2.29. The van der Waals surface area contributed by atoms with Crippen LogP contribution in [0.4, 0.5) is 0 Å². The third-order valence-corrected chi connectivity index (χ3v) is 2.71. The molecule has 0 fully saturated rings. The first-order chi connectivity index (χ1) is 10.0. The summed E-state index contributed by atoms with van der Waals surface area (Å²) in [5, 5.41) is 0. The minimum absolute atomic E-state index is 0.0264. The number of benzene rings is 1. The Morgan fingerprint density at radius 3 is 2.00 bits per heavy atom. The average molecular weight is 298 g/mol. The van der Waals surface area contributed by atoms with Gasteiger partial charge < -0.3 is 23.7 Å². The minimum Gasteiger partial charge on any atom is -0.493 e. The monoisotopic (exact) mass is 298 g/mol. The Balaban J connectivity index is 3.72. The van der Waals surface area contributed by atoms with E-state index in [9.17, 15) is 9.59 Å². The van der Waals surface area contributed by atoms with Gasteiger partial charge in [0, 0.05) is 0 Å². The number of carbonyl (C=O) groups is 2. The van der Waals surface area contributed by atoms with E-state index in [1.807, 2.05) is 0 Å². The van der Waals surface area contributed by atoms with Crippen molar-refractivity contribution in [3.05, 3.63) is 17.2 Å². The van der Waals surface area contributed by atoms with Crippen LogP contribution in [0.5, 0.6) is 17.2 Å². The summed E-state index contributed by atoms with van der Waals surface area (Å²) in [6.07, 6.45) is 0. The molecule has 0 N–H and O–H groups in total. The van der Waals surface area contributed by atoms with E-state index in [-0.39, 0.29) is 28.4 Å². The Morgan fingerprint density at radius 1 is 0.952 bits per heavy atom. The number of methoxy groups -OCH3 is 4. The Bertz CT molecular complexity index is 537. The molecule has 7 nitrogen and oxygen atoms in total. The first kappa shape index (κ1) is 16.6. The molecule has 0 aliphatic carbocycles. The summed E-state index contributed by atoms with van der Waals surface area (Å²) in [5.74, 6) is -0.924. The number of hydrogen-bond acceptors (Lipinski definition) is 7. The van der Waals surface area contributed by atoms with Gasteiger partial charge in [-0.3, -0.25) is 0 Å².